The Hall–Kier alpha value is -2.42. The zero-order valence-electron chi connectivity index (χ0n) is 22.3. The van der Waals surface area contributed by atoms with Crippen LogP contribution < -0.4 is 4.57 Å². The fraction of sp³-hybridized carbons (Fsp3) is 0.548. The van der Waals surface area contributed by atoms with Crippen molar-refractivity contribution in [2.75, 3.05) is 0 Å². The summed E-state index contributed by atoms with van der Waals surface area (Å²) in [4.78, 5) is 0. The minimum atomic E-state index is 0.0111. The number of aromatic nitrogens is 3. The molecule has 2 aromatic heterocycles. The molecule has 0 N–H and O–H groups in total. The monoisotopic (exact) mass is 456 g/mol. The second-order valence-corrected chi connectivity index (χ2v) is 11.4. The fourth-order valence-corrected chi connectivity index (χ4v) is 7.31. The second kappa shape index (κ2) is 8.07. The van der Waals surface area contributed by atoms with Crippen LogP contribution >= 0.6 is 0 Å². The summed E-state index contributed by atoms with van der Waals surface area (Å²) in [6.45, 7) is 16.8. The lowest BCUT2D eigenvalue weighted by Gasteiger charge is -2.48. The Morgan fingerprint density at radius 3 is 2.32 bits per heavy atom. The third-order valence-electron chi connectivity index (χ3n) is 9.48. The lowest BCUT2D eigenvalue weighted by atomic mass is 9.59. The normalized spacial score (nSPS) is 19.6. The van der Waals surface area contributed by atoms with Gasteiger partial charge in [0, 0.05) is 16.2 Å². The second-order valence-electron chi connectivity index (χ2n) is 11.4. The molecule has 3 nitrogen and oxygen atoms in total. The van der Waals surface area contributed by atoms with Crippen LogP contribution in [0.2, 0.25) is 0 Å². The molecule has 3 heterocycles. The van der Waals surface area contributed by atoms with Gasteiger partial charge in [-0.15, -0.1) is 0 Å². The first-order valence-electron chi connectivity index (χ1n) is 13.6. The number of fused-ring (bicyclic) bond motifs is 3. The zero-order chi connectivity index (χ0) is 24.3. The van der Waals surface area contributed by atoms with E-state index in [1.807, 2.05) is 0 Å². The van der Waals surface area contributed by atoms with E-state index < -0.39 is 0 Å². The predicted octanol–water partition coefficient (Wildman–Crippen LogP) is 7.98. The Balaban J connectivity index is 2.00. The van der Waals surface area contributed by atoms with E-state index in [4.69, 9.17) is 5.10 Å². The molecule has 0 bridgehead atoms. The van der Waals surface area contributed by atoms with Gasteiger partial charge >= 0.3 is 5.65 Å². The standard InChI is InChI=1S/C31H42N3/c1-8-12-15-21-29(5,6)27-22-17-16-18-23-26(22)28-33(31(10-3,11-4)30(23,7)9-2)24-19-13-14-20-25(24)34(28)32-27/h13-14,16-20H,8-12,15,21H2,1-7H3/q+1. The van der Waals surface area contributed by atoms with Crippen LogP contribution in [-0.2, 0) is 16.4 Å². The van der Waals surface area contributed by atoms with Crippen molar-refractivity contribution in [1.82, 2.24) is 9.61 Å². The van der Waals surface area contributed by atoms with Crippen LogP contribution in [0.15, 0.2) is 42.5 Å². The zero-order valence-corrected chi connectivity index (χ0v) is 22.3. The first-order valence-corrected chi connectivity index (χ1v) is 13.6. The molecule has 0 spiro atoms. The Kier molecular flexibility index (Phi) is 5.54. The number of hydrogen-bond donors (Lipinski definition) is 0. The summed E-state index contributed by atoms with van der Waals surface area (Å²) in [5.41, 5.74) is 6.67. The highest BCUT2D eigenvalue weighted by Gasteiger charge is 2.57. The summed E-state index contributed by atoms with van der Waals surface area (Å²) >= 11 is 0. The van der Waals surface area contributed by atoms with Crippen LogP contribution in [0.1, 0.15) is 105 Å². The molecule has 5 rings (SSSR count). The van der Waals surface area contributed by atoms with E-state index in [9.17, 15) is 0 Å². The highest BCUT2D eigenvalue weighted by atomic mass is 15.3. The van der Waals surface area contributed by atoms with Crippen molar-refractivity contribution in [3.05, 3.63) is 53.7 Å². The molecule has 0 aliphatic carbocycles. The maximum atomic E-state index is 5.48. The lowest BCUT2D eigenvalue weighted by Crippen LogP contribution is -2.67. The number of rotatable bonds is 8. The molecular weight excluding hydrogens is 414 g/mol. The smallest absolute Gasteiger partial charge is 0.214 e. The van der Waals surface area contributed by atoms with E-state index in [1.54, 1.807) is 0 Å². The van der Waals surface area contributed by atoms with Crippen molar-refractivity contribution >= 4 is 27.5 Å². The molecule has 180 valence electrons. The van der Waals surface area contributed by atoms with Gasteiger partial charge in [0.25, 0.3) is 0 Å². The number of nitrogens with zero attached hydrogens (tertiary/aromatic N) is 3. The van der Waals surface area contributed by atoms with Crippen molar-refractivity contribution < 1.29 is 4.57 Å². The average Bonchev–Trinajstić information content (AvgIpc) is 3.19. The molecule has 4 aromatic rings. The first kappa shape index (κ1) is 23.3. The topological polar surface area (TPSA) is 21.2 Å². The summed E-state index contributed by atoms with van der Waals surface area (Å²) < 4.78 is 5.00. The highest BCUT2D eigenvalue weighted by Crippen LogP contribution is 2.52. The Morgan fingerprint density at radius 1 is 0.912 bits per heavy atom. The van der Waals surface area contributed by atoms with Crippen molar-refractivity contribution in [1.29, 1.82) is 0 Å². The van der Waals surface area contributed by atoms with Gasteiger partial charge in [-0.05, 0) is 43.4 Å². The van der Waals surface area contributed by atoms with Crippen LogP contribution in [-0.4, -0.2) is 9.61 Å². The van der Waals surface area contributed by atoms with E-state index in [-0.39, 0.29) is 16.4 Å². The molecule has 1 unspecified atom stereocenters. The predicted molar refractivity (Wildman–Crippen MR) is 144 cm³/mol. The van der Waals surface area contributed by atoms with Gasteiger partial charge < -0.3 is 0 Å². The van der Waals surface area contributed by atoms with Crippen molar-refractivity contribution in [3.63, 3.8) is 0 Å². The number of para-hydroxylation sites is 2. The Bertz CT molecular complexity index is 1370. The van der Waals surface area contributed by atoms with Crippen molar-refractivity contribution in [2.45, 2.75) is 110 Å². The summed E-state index contributed by atoms with van der Waals surface area (Å²) in [6.07, 6.45) is 8.26. The molecule has 0 amide bonds. The maximum Gasteiger partial charge on any atom is 0.317 e. The maximum absolute atomic E-state index is 5.48. The molecule has 1 atom stereocenters. The third kappa shape index (κ3) is 2.82. The van der Waals surface area contributed by atoms with E-state index in [1.165, 1.54) is 58.0 Å². The van der Waals surface area contributed by atoms with Gasteiger partial charge in [-0.2, -0.15) is 0 Å². The van der Waals surface area contributed by atoms with Gasteiger partial charge in [-0.25, -0.2) is 4.57 Å². The minimum absolute atomic E-state index is 0.0111. The molecule has 3 heteroatoms. The fourth-order valence-electron chi connectivity index (χ4n) is 7.31. The number of unbranched alkanes of at least 4 members (excludes halogenated alkanes) is 2. The molecule has 0 saturated heterocycles. The molecule has 0 saturated carbocycles. The van der Waals surface area contributed by atoms with Crippen LogP contribution in [0.5, 0.6) is 0 Å². The number of hydrogen-bond acceptors (Lipinski definition) is 1. The largest absolute Gasteiger partial charge is 0.317 e. The van der Waals surface area contributed by atoms with Gasteiger partial charge in [0.05, 0.1) is 11.1 Å². The van der Waals surface area contributed by atoms with Gasteiger partial charge in [0.15, 0.2) is 5.52 Å². The summed E-state index contributed by atoms with van der Waals surface area (Å²) in [7, 11) is 0. The quantitative estimate of drug-likeness (QED) is 0.194. The van der Waals surface area contributed by atoms with Gasteiger partial charge in [-0.1, -0.05) is 108 Å². The lowest BCUT2D eigenvalue weighted by molar-refractivity contribution is -0.733. The molecular formula is C31H42N3+. The average molecular weight is 457 g/mol. The third-order valence-corrected chi connectivity index (χ3v) is 9.48. The van der Waals surface area contributed by atoms with Gasteiger partial charge in [0.1, 0.15) is 5.54 Å². The summed E-state index contributed by atoms with van der Waals surface area (Å²) in [5.74, 6) is 0. The van der Waals surface area contributed by atoms with Crippen LogP contribution in [0.25, 0.3) is 27.5 Å². The number of benzene rings is 2. The van der Waals surface area contributed by atoms with Crippen molar-refractivity contribution in [2.24, 2.45) is 0 Å². The highest BCUT2D eigenvalue weighted by molar-refractivity contribution is 6.00. The van der Waals surface area contributed by atoms with Crippen LogP contribution in [0.3, 0.4) is 0 Å². The Morgan fingerprint density at radius 2 is 1.65 bits per heavy atom. The molecule has 0 radical (unpaired) electrons. The first-order chi connectivity index (χ1) is 16.3. The van der Waals surface area contributed by atoms with E-state index in [0.29, 0.717) is 0 Å². The van der Waals surface area contributed by atoms with Gasteiger partial charge in [0.2, 0.25) is 5.52 Å². The SMILES string of the molecule is CCCCCC(C)(C)c1nn2c3ccccc3[n+]3c2c2c(cccc12)C(C)(CC)C3(CC)CC. The summed E-state index contributed by atoms with van der Waals surface area (Å²) in [5, 5.41) is 8.26. The minimum Gasteiger partial charge on any atom is -0.214 e. The molecule has 2 aromatic carbocycles. The molecule has 0 fully saturated rings. The van der Waals surface area contributed by atoms with E-state index in [2.05, 4.69) is 100 Å². The molecule has 1 aliphatic rings. The van der Waals surface area contributed by atoms with E-state index in [0.717, 1.165) is 25.7 Å². The van der Waals surface area contributed by atoms with Gasteiger partial charge in [-0.3, -0.25) is 0 Å². The number of imidazole rings is 1. The van der Waals surface area contributed by atoms with Crippen molar-refractivity contribution in [3.8, 4) is 0 Å². The molecule has 1 aliphatic heterocycles. The van der Waals surface area contributed by atoms with Crippen LogP contribution in [0.4, 0.5) is 0 Å². The van der Waals surface area contributed by atoms with Crippen LogP contribution in [0, 0.1) is 0 Å². The van der Waals surface area contributed by atoms with E-state index >= 15 is 0 Å². The molecule has 34 heavy (non-hydrogen) atoms. The summed E-state index contributed by atoms with van der Waals surface area (Å²) in [6, 6.07) is 16.0. The Labute approximate surface area is 205 Å².